The highest BCUT2D eigenvalue weighted by Gasteiger charge is 2.23. The molecule has 0 radical (unpaired) electrons. The van der Waals surface area contributed by atoms with Gasteiger partial charge in [0.2, 0.25) is 5.91 Å². The van der Waals surface area contributed by atoms with Gasteiger partial charge in [0.25, 0.3) is 5.91 Å². The van der Waals surface area contributed by atoms with Crippen molar-refractivity contribution in [3.63, 3.8) is 0 Å². The minimum absolute atomic E-state index is 0.0227. The first kappa shape index (κ1) is 22.1. The second kappa shape index (κ2) is 10.9. The molecule has 0 aliphatic carbocycles. The van der Waals surface area contributed by atoms with Crippen LogP contribution in [-0.4, -0.2) is 60.7 Å². The predicted octanol–water partition coefficient (Wildman–Crippen LogP) is 3.13. The van der Waals surface area contributed by atoms with E-state index in [1.807, 2.05) is 30.3 Å². The van der Waals surface area contributed by atoms with E-state index < -0.39 is 0 Å². The molecule has 0 atom stereocenters. The van der Waals surface area contributed by atoms with E-state index in [0.717, 1.165) is 43.5 Å². The van der Waals surface area contributed by atoms with Gasteiger partial charge in [-0.3, -0.25) is 9.59 Å². The minimum Gasteiger partial charge on any atom is -0.491 e. The molecule has 2 amide bonds. The van der Waals surface area contributed by atoms with Crippen molar-refractivity contribution in [2.45, 2.75) is 38.1 Å². The van der Waals surface area contributed by atoms with Gasteiger partial charge in [0.05, 0.1) is 18.8 Å². The molecule has 8 heteroatoms. The molecule has 1 aromatic carbocycles. The number of benzene rings is 1. The van der Waals surface area contributed by atoms with Gasteiger partial charge in [-0.25, -0.2) is 4.98 Å². The molecule has 0 unspecified atom stereocenters. The van der Waals surface area contributed by atoms with Gasteiger partial charge in [-0.05, 0) is 56.4 Å². The molecule has 3 heterocycles. The summed E-state index contributed by atoms with van der Waals surface area (Å²) in [4.78, 5) is 32.0. The lowest BCUT2D eigenvalue weighted by atomic mass is 10.1. The Labute approximate surface area is 188 Å². The molecule has 32 heavy (non-hydrogen) atoms. The van der Waals surface area contributed by atoms with Crippen molar-refractivity contribution < 1.29 is 19.1 Å². The molecule has 0 saturated carbocycles. The van der Waals surface area contributed by atoms with E-state index in [2.05, 4.69) is 15.6 Å². The van der Waals surface area contributed by atoms with Gasteiger partial charge in [0.15, 0.2) is 0 Å². The van der Waals surface area contributed by atoms with Crippen LogP contribution in [0.3, 0.4) is 0 Å². The van der Waals surface area contributed by atoms with Crippen LogP contribution in [0.15, 0.2) is 42.5 Å². The van der Waals surface area contributed by atoms with Crippen LogP contribution in [0.4, 0.5) is 11.5 Å². The van der Waals surface area contributed by atoms with Gasteiger partial charge >= 0.3 is 0 Å². The van der Waals surface area contributed by atoms with Crippen LogP contribution in [0.1, 0.15) is 42.6 Å². The maximum absolute atomic E-state index is 13.3. The average Bonchev–Trinajstić information content (AvgIpc) is 2.81. The SMILES string of the molecule is O=C(CN1CCCCCOc2ccccc2Nc2cccc(n2)C1=O)NC1CCOCC1. The monoisotopic (exact) mass is 438 g/mol. The lowest BCUT2D eigenvalue weighted by molar-refractivity contribution is -0.123. The van der Waals surface area contributed by atoms with Crippen molar-refractivity contribution in [3.8, 4) is 5.75 Å². The number of pyridine rings is 1. The zero-order chi connectivity index (χ0) is 22.2. The van der Waals surface area contributed by atoms with E-state index in [4.69, 9.17) is 9.47 Å². The smallest absolute Gasteiger partial charge is 0.273 e. The number of para-hydroxylation sites is 2. The Hall–Kier alpha value is -3.13. The highest BCUT2D eigenvalue weighted by molar-refractivity contribution is 5.95. The van der Waals surface area contributed by atoms with Crippen LogP contribution < -0.4 is 15.4 Å². The molecule has 8 nitrogen and oxygen atoms in total. The third-order valence-corrected chi connectivity index (χ3v) is 5.66. The van der Waals surface area contributed by atoms with E-state index in [1.165, 1.54) is 0 Å². The fraction of sp³-hybridized carbons (Fsp3) is 0.458. The number of hydrogen-bond donors (Lipinski definition) is 2. The molecule has 1 saturated heterocycles. The largest absolute Gasteiger partial charge is 0.491 e. The van der Waals surface area contributed by atoms with Crippen LogP contribution in [0.5, 0.6) is 5.75 Å². The predicted molar refractivity (Wildman–Crippen MR) is 121 cm³/mol. The molecule has 0 spiro atoms. The molecule has 4 rings (SSSR count). The average molecular weight is 439 g/mol. The molecule has 170 valence electrons. The lowest BCUT2D eigenvalue weighted by Crippen LogP contribution is -2.46. The van der Waals surface area contributed by atoms with Gasteiger partial charge in [-0.1, -0.05) is 18.2 Å². The summed E-state index contributed by atoms with van der Waals surface area (Å²) in [6.07, 6.45) is 4.16. The summed E-state index contributed by atoms with van der Waals surface area (Å²) < 4.78 is 11.3. The van der Waals surface area contributed by atoms with Crippen molar-refractivity contribution in [2.75, 3.05) is 38.2 Å². The van der Waals surface area contributed by atoms with Crippen LogP contribution in [0.2, 0.25) is 0 Å². The fourth-order valence-electron chi connectivity index (χ4n) is 3.92. The Kier molecular flexibility index (Phi) is 7.55. The standard InChI is InChI=1S/C24H30N4O4/c29-23(25-18-11-15-31-16-12-18)17-28-13-4-1-5-14-32-21-9-3-2-7-19(21)26-22-10-6-8-20(27-22)24(28)30/h2-3,6-10,18H,1,4-5,11-17H2,(H,25,29)(H,26,27). The highest BCUT2D eigenvalue weighted by atomic mass is 16.5. The van der Waals surface area contributed by atoms with Crippen LogP contribution >= 0.6 is 0 Å². The molecule has 2 aromatic rings. The molecule has 2 aliphatic rings. The van der Waals surface area contributed by atoms with Crippen molar-refractivity contribution in [1.82, 2.24) is 15.2 Å². The van der Waals surface area contributed by atoms with Gasteiger partial charge < -0.3 is 25.0 Å². The van der Waals surface area contributed by atoms with E-state index in [0.29, 0.717) is 37.9 Å². The van der Waals surface area contributed by atoms with Crippen LogP contribution in [0, 0.1) is 0 Å². The first-order valence-electron chi connectivity index (χ1n) is 11.3. The third-order valence-electron chi connectivity index (χ3n) is 5.66. The summed E-state index contributed by atoms with van der Waals surface area (Å²) in [5.41, 5.74) is 1.11. The summed E-state index contributed by atoms with van der Waals surface area (Å²) in [6, 6.07) is 13.1. The first-order chi connectivity index (χ1) is 15.7. The zero-order valence-electron chi connectivity index (χ0n) is 18.2. The van der Waals surface area contributed by atoms with Crippen LogP contribution in [-0.2, 0) is 9.53 Å². The van der Waals surface area contributed by atoms with Gasteiger partial charge in [0.1, 0.15) is 17.3 Å². The van der Waals surface area contributed by atoms with Crippen molar-refractivity contribution in [2.24, 2.45) is 0 Å². The van der Waals surface area contributed by atoms with Crippen molar-refractivity contribution >= 4 is 23.3 Å². The van der Waals surface area contributed by atoms with Crippen molar-refractivity contribution in [3.05, 3.63) is 48.2 Å². The Bertz CT molecular complexity index is 930. The number of fused-ring (bicyclic) bond motifs is 3. The first-order valence-corrected chi connectivity index (χ1v) is 11.3. The molecule has 2 aliphatic heterocycles. The number of ether oxygens (including phenoxy) is 2. The van der Waals surface area contributed by atoms with Crippen molar-refractivity contribution in [1.29, 1.82) is 0 Å². The Morgan fingerprint density at radius 2 is 1.91 bits per heavy atom. The molecular formula is C24H30N4O4. The van der Waals surface area contributed by atoms with E-state index in [1.54, 1.807) is 17.0 Å². The lowest BCUT2D eigenvalue weighted by Gasteiger charge is -2.26. The van der Waals surface area contributed by atoms with E-state index in [-0.39, 0.29) is 24.4 Å². The highest BCUT2D eigenvalue weighted by Crippen LogP contribution is 2.27. The Morgan fingerprint density at radius 3 is 2.78 bits per heavy atom. The number of amides is 2. The number of nitrogens with zero attached hydrogens (tertiary/aromatic N) is 2. The maximum atomic E-state index is 13.3. The third kappa shape index (κ3) is 5.97. The zero-order valence-corrected chi connectivity index (χ0v) is 18.2. The minimum atomic E-state index is -0.239. The van der Waals surface area contributed by atoms with Gasteiger partial charge in [0, 0.05) is 25.8 Å². The number of anilines is 2. The number of nitrogens with one attached hydrogen (secondary N) is 2. The molecule has 1 aromatic heterocycles. The van der Waals surface area contributed by atoms with Gasteiger partial charge in [-0.15, -0.1) is 0 Å². The van der Waals surface area contributed by atoms with Gasteiger partial charge in [-0.2, -0.15) is 0 Å². The molecular weight excluding hydrogens is 408 g/mol. The van der Waals surface area contributed by atoms with Crippen LogP contribution in [0.25, 0.3) is 0 Å². The summed E-state index contributed by atoms with van der Waals surface area (Å²) in [5, 5.41) is 6.29. The molecule has 2 bridgehead atoms. The number of carbonyl (C=O) groups excluding carboxylic acids is 2. The normalized spacial score (nSPS) is 18.0. The Balaban J connectivity index is 1.51. The number of rotatable bonds is 3. The number of carbonyl (C=O) groups is 2. The fourth-order valence-corrected chi connectivity index (χ4v) is 3.92. The second-order valence-corrected chi connectivity index (χ2v) is 8.12. The second-order valence-electron chi connectivity index (χ2n) is 8.12. The van der Waals surface area contributed by atoms with E-state index in [9.17, 15) is 9.59 Å². The Morgan fingerprint density at radius 1 is 1.06 bits per heavy atom. The topological polar surface area (TPSA) is 92.8 Å². The summed E-state index contributed by atoms with van der Waals surface area (Å²) in [5.74, 6) is 0.931. The molecule has 1 fully saturated rings. The molecule has 2 N–H and O–H groups in total. The number of hydrogen-bond acceptors (Lipinski definition) is 6. The quantitative estimate of drug-likeness (QED) is 0.765. The maximum Gasteiger partial charge on any atom is 0.273 e. The summed E-state index contributed by atoms with van der Waals surface area (Å²) in [6.45, 7) is 2.42. The summed E-state index contributed by atoms with van der Waals surface area (Å²) in [7, 11) is 0. The number of aromatic nitrogens is 1. The van der Waals surface area contributed by atoms with E-state index >= 15 is 0 Å². The summed E-state index contributed by atoms with van der Waals surface area (Å²) >= 11 is 0.